The van der Waals surface area contributed by atoms with Gasteiger partial charge in [0.2, 0.25) is 0 Å². The van der Waals surface area contributed by atoms with Gasteiger partial charge in [0.25, 0.3) is 5.91 Å². The lowest BCUT2D eigenvalue weighted by molar-refractivity contribution is 0.0952. The van der Waals surface area contributed by atoms with E-state index in [1.165, 1.54) is 0 Å². The van der Waals surface area contributed by atoms with E-state index in [2.05, 4.69) is 17.1 Å². The number of carbonyl (C=O) groups is 1. The highest BCUT2D eigenvalue weighted by molar-refractivity contribution is 6.02. The maximum Gasteiger partial charge on any atom is 0.275 e. The van der Waals surface area contributed by atoms with E-state index in [0.717, 1.165) is 27.5 Å². The van der Waals surface area contributed by atoms with Crippen LogP contribution in [-0.4, -0.2) is 25.8 Å². The minimum Gasteiger partial charge on any atom is -0.496 e. The monoisotopic (exact) mass is 494 g/mol. The summed E-state index contributed by atoms with van der Waals surface area (Å²) in [7, 11) is 1.54. The second-order valence-electron chi connectivity index (χ2n) is 8.31. The van der Waals surface area contributed by atoms with Crippen molar-refractivity contribution in [3.8, 4) is 17.2 Å². The van der Waals surface area contributed by atoms with E-state index in [-0.39, 0.29) is 5.91 Å². The molecule has 0 aromatic heterocycles. The van der Waals surface area contributed by atoms with Gasteiger partial charge in [0.15, 0.2) is 11.5 Å². The number of hydrogen-bond donors (Lipinski definition) is 1. The molecule has 1 amide bonds. The molecule has 0 atom stereocenters. The molecule has 0 bridgehead atoms. The number of allylic oxidation sites excluding steroid dienone is 1. The third-order valence-electron chi connectivity index (χ3n) is 5.74. The predicted octanol–water partition coefficient (Wildman–Crippen LogP) is 6.32. The molecular weight excluding hydrogens is 464 g/mol. The first-order chi connectivity index (χ1) is 18.1. The molecule has 0 spiro atoms. The Balaban J connectivity index is 1.56. The van der Waals surface area contributed by atoms with Crippen LogP contribution in [0.4, 0.5) is 0 Å². The van der Waals surface area contributed by atoms with E-state index in [1.807, 2.05) is 85.8 Å². The standard InChI is InChI=1S/C31H30N2O4/c1-4-11-26-16-23(17-29(36-5-2)30(26)37-21-22-12-7-6-8-13-22)20-32-33-31(34)27-18-24-14-9-10-15-25(24)19-28(27)35-3/h4,6-10,12-20H,1,5,11,21H2,2-3H3,(H,33,34). The van der Waals surface area contributed by atoms with Crippen LogP contribution >= 0.6 is 0 Å². The molecule has 0 heterocycles. The zero-order valence-corrected chi connectivity index (χ0v) is 21.1. The summed E-state index contributed by atoms with van der Waals surface area (Å²) in [6.45, 7) is 6.70. The van der Waals surface area contributed by atoms with Gasteiger partial charge >= 0.3 is 0 Å². The Morgan fingerprint density at radius 3 is 2.38 bits per heavy atom. The maximum atomic E-state index is 12.9. The lowest BCUT2D eigenvalue weighted by Gasteiger charge is -2.17. The molecule has 188 valence electrons. The van der Waals surface area contributed by atoms with E-state index in [9.17, 15) is 4.79 Å². The summed E-state index contributed by atoms with van der Waals surface area (Å²) in [5.74, 6) is 1.41. The summed E-state index contributed by atoms with van der Waals surface area (Å²) >= 11 is 0. The summed E-state index contributed by atoms with van der Waals surface area (Å²) in [6.07, 6.45) is 3.99. The average molecular weight is 495 g/mol. The Labute approximate surface area is 217 Å². The van der Waals surface area contributed by atoms with Crippen LogP contribution in [0, 0.1) is 0 Å². The van der Waals surface area contributed by atoms with Crippen molar-refractivity contribution in [2.45, 2.75) is 20.0 Å². The van der Waals surface area contributed by atoms with Gasteiger partial charge in [-0.3, -0.25) is 4.79 Å². The van der Waals surface area contributed by atoms with E-state index in [1.54, 1.807) is 19.4 Å². The quantitative estimate of drug-likeness (QED) is 0.151. The van der Waals surface area contributed by atoms with E-state index >= 15 is 0 Å². The normalized spacial score (nSPS) is 10.9. The summed E-state index contributed by atoms with van der Waals surface area (Å²) < 4.78 is 17.5. The Kier molecular flexibility index (Phi) is 8.55. The number of ether oxygens (including phenoxy) is 3. The van der Waals surface area contributed by atoms with Crippen molar-refractivity contribution in [2.24, 2.45) is 5.10 Å². The Hall–Kier alpha value is -4.58. The molecule has 6 heteroatoms. The van der Waals surface area contributed by atoms with Crippen LogP contribution in [0.25, 0.3) is 10.8 Å². The smallest absolute Gasteiger partial charge is 0.275 e. The molecule has 4 aromatic carbocycles. The third-order valence-corrected chi connectivity index (χ3v) is 5.74. The molecule has 4 aromatic rings. The number of benzene rings is 4. The number of fused-ring (bicyclic) bond motifs is 1. The summed E-state index contributed by atoms with van der Waals surface area (Å²) in [6, 6.07) is 25.2. The molecule has 37 heavy (non-hydrogen) atoms. The van der Waals surface area contributed by atoms with Gasteiger partial charge in [-0.15, -0.1) is 6.58 Å². The van der Waals surface area contributed by atoms with Crippen molar-refractivity contribution in [1.82, 2.24) is 5.43 Å². The first kappa shape index (κ1) is 25.5. The van der Waals surface area contributed by atoms with Crippen molar-refractivity contribution in [3.63, 3.8) is 0 Å². The molecule has 0 radical (unpaired) electrons. The number of hydrazone groups is 1. The number of rotatable bonds is 11. The van der Waals surface area contributed by atoms with Gasteiger partial charge in [-0.2, -0.15) is 5.10 Å². The number of methoxy groups -OCH3 is 1. The minimum atomic E-state index is -0.363. The molecule has 0 aliphatic heterocycles. The number of amides is 1. The lowest BCUT2D eigenvalue weighted by atomic mass is 10.1. The van der Waals surface area contributed by atoms with Crippen molar-refractivity contribution < 1.29 is 19.0 Å². The zero-order valence-electron chi connectivity index (χ0n) is 21.1. The zero-order chi connectivity index (χ0) is 26.0. The first-order valence-corrected chi connectivity index (χ1v) is 12.1. The van der Waals surface area contributed by atoms with Gasteiger partial charge < -0.3 is 14.2 Å². The van der Waals surface area contributed by atoms with Gasteiger partial charge in [-0.25, -0.2) is 5.43 Å². The summed E-state index contributed by atoms with van der Waals surface area (Å²) in [5, 5.41) is 6.13. The fourth-order valence-electron chi connectivity index (χ4n) is 4.01. The van der Waals surface area contributed by atoms with Crippen LogP contribution in [0.2, 0.25) is 0 Å². The number of hydrogen-bond acceptors (Lipinski definition) is 5. The Morgan fingerprint density at radius 1 is 0.946 bits per heavy atom. The van der Waals surface area contributed by atoms with Gasteiger partial charge in [0.1, 0.15) is 12.4 Å². The van der Waals surface area contributed by atoms with Crippen LogP contribution < -0.4 is 19.6 Å². The van der Waals surface area contributed by atoms with Crippen molar-refractivity contribution in [3.05, 3.63) is 114 Å². The van der Waals surface area contributed by atoms with Gasteiger partial charge in [0.05, 0.1) is 25.5 Å². The van der Waals surface area contributed by atoms with Crippen molar-refractivity contribution in [1.29, 1.82) is 0 Å². The summed E-state index contributed by atoms with van der Waals surface area (Å²) in [5.41, 5.74) is 5.76. The molecule has 0 aliphatic rings. The fourth-order valence-corrected chi connectivity index (χ4v) is 4.01. The highest BCUT2D eigenvalue weighted by Crippen LogP contribution is 2.34. The minimum absolute atomic E-state index is 0.363. The molecule has 1 N–H and O–H groups in total. The number of nitrogens with zero attached hydrogens (tertiary/aromatic N) is 1. The fraction of sp³-hybridized carbons (Fsp3) is 0.161. The lowest BCUT2D eigenvalue weighted by Crippen LogP contribution is -2.18. The highest BCUT2D eigenvalue weighted by atomic mass is 16.5. The predicted molar refractivity (Wildman–Crippen MR) is 148 cm³/mol. The highest BCUT2D eigenvalue weighted by Gasteiger charge is 2.15. The topological polar surface area (TPSA) is 69.2 Å². The third kappa shape index (κ3) is 6.35. The SMILES string of the molecule is C=CCc1cc(C=NNC(=O)c2cc3ccccc3cc2OC)cc(OCC)c1OCc1ccccc1. The molecular formula is C31H30N2O4. The second kappa shape index (κ2) is 12.4. The maximum absolute atomic E-state index is 12.9. The van der Waals surface area contributed by atoms with E-state index in [0.29, 0.717) is 42.4 Å². The van der Waals surface area contributed by atoms with Crippen LogP contribution in [0.15, 0.2) is 96.6 Å². The van der Waals surface area contributed by atoms with Crippen LogP contribution in [-0.2, 0) is 13.0 Å². The van der Waals surface area contributed by atoms with Crippen LogP contribution in [0.5, 0.6) is 17.2 Å². The number of carbonyl (C=O) groups excluding carboxylic acids is 1. The molecule has 0 unspecified atom stereocenters. The molecule has 0 fully saturated rings. The Bertz CT molecular complexity index is 1410. The van der Waals surface area contributed by atoms with Crippen LogP contribution in [0.3, 0.4) is 0 Å². The van der Waals surface area contributed by atoms with E-state index < -0.39 is 0 Å². The van der Waals surface area contributed by atoms with E-state index in [4.69, 9.17) is 14.2 Å². The van der Waals surface area contributed by atoms with Gasteiger partial charge in [-0.1, -0.05) is 60.7 Å². The molecule has 0 saturated heterocycles. The largest absolute Gasteiger partial charge is 0.496 e. The van der Waals surface area contributed by atoms with Crippen molar-refractivity contribution in [2.75, 3.05) is 13.7 Å². The van der Waals surface area contributed by atoms with Crippen molar-refractivity contribution >= 4 is 22.9 Å². The van der Waals surface area contributed by atoms with Crippen LogP contribution in [0.1, 0.15) is 34.0 Å². The molecule has 4 rings (SSSR count). The molecule has 6 nitrogen and oxygen atoms in total. The summed E-state index contributed by atoms with van der Waals surface area (Å²) in [4.78, 5) is 12.9. The average Bonchev–Trinajstić information content (AvgIpc) is 2.92. The molecule has 0 saturated carbocycles. The second-order valence-corrected chi connectivity index (χ2v) is 8.31. The number of nitrogens with one attached hydrogen (secondary N) is 1. The first-order valence-electron chi connectivity index (χ1n) is 12.1. The van der Waals surface area contributed by atoms with Gasteiger partial charge in [-0.05, 0) is 59.5 Å². The molecule has 0 aliphatic carbocycles. The Morgan fingerprint density at radius 2 is 1.68 bits per heavy atom. The van der Waals surface area contributed by atoms with Gasteiger partial charge in [0, 0.05) is 5.56 Å².